The summed E-state index contributed by atoms with van der Waals surface area (Å²) in [7, 11) is 0. The number of halogens is 2. The largest absolute Gasteiger partial charge is 0.490 e. The number of para-hydroxylation sites is 1. The summed E-state index contributed by atoms with van der Waals surface area (Å²) in [5, 5.41) is 10.5. The number of nitrogens with zero attached hydrogens (tertiary/aromatic N) is 2. The van der Waals surface area contributed by atoms with Crippen molar-refractivity contribution in [3.63, 3.8) is 0 Å². The fraction of sp³-hybridized carbons (Fsp3) is 0.308. The lowest BCUT2D eigenvalue weighted by Gasteiger charge is -2.35. The first kappa shape index (κ1) is 26.2. The maximum Gasteiger partial charge on any atom is 0.127 e. The molecule has 0 aromatic heterocycles. The van der Waals surface area contributed by atoms with Crippen LogP contribution in [0, 0.1) is 0 Å². The van der Waals surface area contributed by atoms with Gasteiger partial charge in [-0.1, -0.05) is 78.9 Å². The number of piperazine rings is 1. The molecule has 1 aliphatic heterocycles. The first-order valence-corrected chi connectivity index (χ1v) is 10.7. The first-order chi connectivity index (χ1) is 14.8. The van der Waals surface area contributed by atoms with Gasteiger partial charge in [-0.05, 0) is 17.2 Å². The second-order valence-corrected chi connectivity index (χ2v) is 7.89. The monoisotopic (exact) mass is 474 g/mol. The Labute approximate surface area is 203 Å². The van der Waals surface area contributed by atoms with Crippen molar-refractivity contribution in [2.24, 2.45) is 0 Å². The number of benzene rings is 3. The van der Waals surface area contributed by atoms with Crippen LogP contribution in [0.1, 0.15) is 5.56 Å². The topological polar surface area (TPSA) is 35.9 Å². The smallest absolute Gasteiger partial charge is 0.127 e. The SMILES string of the molecule is Cl.Cl.OC(COc1ccccc1-c1ccccc1)CN1CCN(Cc2ccccc2)CC1. The van der Waals surface area contributed by atoms with Crippen molar-refractivity contribution in [2.75, 3.05) is 39.3 Å². The zero-order valence-corrected chi connectivity index (χ0v) is 19.8. The molecule has 172 valence electrons. The lowest BCUT2D eigenvalue weighted by atomic mass is 10.1. The van der Waals surface area contributed by atoms with E-state index in [1.165, 1.54) is 5.56 Å². The average molecular weight is 475 g/mol. The van der Waals surface area contributed by atoms with Gasteiger partial charge in [-0.25, -0.2) is 0 Å². The van der Waals surface area contributed by atoms with E-state index in [2.05, 4.69) is 58.3 Å². The second-order valence-electron chi connectivity index (χ2n) is 7.89. The zero-order valence-electron chi connectivity index (χ0n) is 18.2. The van der Waals surface area contributed by atoms with Gasteiger partial charge in [-0.3, -0.25) is 9.80 Å². The number of rotatable bonds is 8. The van der Waals surface area contributed by atoms with Crippen LogP contribution in [0.5, 0.6) is 5.75 Å². The lowest BCUT2D eigenvalue weighted by Crippen LogP contribution is -2.48. The van der Waals surface area contributed by atoms with E-state index in [1.54, 1.807) is 0 Å². The van der Waals surface area contributed by atoms with Crippen LogP contribution in [0.4, 0.5) is 0 Å². The average Bonchev–Trinajstić information content (AvgIpc) is 2.80. The Morgan fingerprint density at radius 3 is 1.97 bits per heavy atom. The highest BCUT2D eigenvalue weighted by Crippen LogP contribution is 2.29. The molecular formula is C26H32Cl2N2O2. The fourth-order valence-electron chi connectivity index (χ4n) is 3.96. The van der Waals surface area contributed by atoms with E-state index in [0.29, 0.717) is 13.2 Å². The summed E-state index contributed by atoms with van der Waals surface area (Å²) in [6.45, 7) is 5.95. The third-order valence-corrected chi connectivity index (χ3v) is 5.59. The molecular weight excluding hydrogens is 443 g/mol. The third-order valence-electron chi connectivity index (χ3n) is 5.59. The van der Waals surface area contributed by atoms with Gasteiger partial charge in [0.15, 0.2) is 0 Å². The molecule has 3 aromatic rings. The van der Waals surface area contributed by atoms with Gasteiger partial charge in [-0.15, -0.1) is 24.8 Å². The van der Waals surface area contributed by atoms with E-state index in [9.17, 15) is 5.11 Å². The Balaban J connectivity index is 0.00000181. The van der Waals surface area contributed by atoms with E-state index in [1.807, 2.05) is 36.4 Å². The van der Waals surface area contributed by atoms with Gasteiger partial charge in [0.2, 0.25) is 0 Å². The fourth-order valence-corrected chi connectivity index (χ4v) is 3.96. The minimum Gasteiger partial charge on any atom is -0.490 e. The zero-order chi connectivity index (χ0) is 20.6. The predicted molar refractivity (Wildman–Crippen MR) is 136 cm³/mol. The van der Waals surface area contributed by atoms with Crippen LogP contribution in [-0.4, -0.2) is 60.3 Å². The molecule has 3 aromatic carbocycles. The molecule has 0 saturated carbocycles. The maximum absolute atomic E-state index is 10.5. The van der Waals surface area contributed by atoms with Crippen molar-refractivity contribution in [2.45, 2.75) is 12.6 Å². The van der Waals surface area contributed by atoms with Gasteiger partial charge in [-0.2, -0.15) is 0 Å². The summed E-state index contributed by atoms with van der Waals surface area (Å²) in [6, 6.07) is 28.8. The van der Waals surface area contributed by atoms with E-state index < -0.39 is 6.10 Å². The highest BCUT2D eigenvalue weighted by Gasteiger charge is 2.20. The molecule has 1 heterocycles. The van der Waals surface area contributed by atoms with Crippen LogP contribution in [0.25, 0.3) is 11.1 Å². The van der Waals surface area contributed by atoms with E-state index in [-0.39, 0.29) is 24.8 Å². The quantitative estimate of drug-likeness (QED) is 0.510. The van der Waals surface area contributed by atoms with Crippen molar-refractivity contribution in [3.8, 4) is 16.9 Å². The molecule has 1 aliphatic rings. The minimum absolute atomic E-state index is 0. The highest BCUT2D eigenvalue weighted by molar-refractivity contribution is 5.85. The summed E-state index contributed by atoms with van der Waals surface area (Å²) in [6.07, 6.45) is -0.505. The van der Waals surface area contributed by atoms with Crippen molar-refractivity contribution >= 4 is 24.8 Å². The molecule has 1 unspecified atom stereocenters. The molecule has 4 rings (SSSR count). The number of aliphatic hydroxyl groups excluding tert-OH is 1. The number of ether oxygens (including phenoxy) is 1. The van der Waals surface area contributed by atoms with Crippen molar-refractivity contribution in [1.82, 2.24) is 9.80 Å². The summed E-state index contributed by atoms with van der Waals surface area (Å²) in [5.41, 5.74) is 3.54. The Morgan fingerprint density at radius 1 is 0.719 bits per heavy atom. The molecule has 4 nitrogen and oxygen atoms in total. The summed E-state index contributed by atoms with van der Waals surface area (Å²) in [5.74, 6) is 0.815. The highest BCUT2D eigenvalue weighted by atomic mass is 35.5. The first-order valence-electron chi connectivity index (χ1n) is 10.7. The molecule has 0 spiro atoms. The maximum atomic E-state index is 10.5. The summed E-state index contributed by atoms with van der Waals surface area (Å²) in [4.78, 5) is 4.81. The van der Waals surface area contributed by atoms with Crippen LogP contribution in [0.15, 0.2) is 84.9 Å². The van der Waals surface area contributed by atoms with Crippen LogP contribution in [0.2, 0.25) is 0 Å². The summed E-state index contributed by atoms with van der Waals surface area (Å²) < 4.78 is 6.01. The van der Waals surface area contributed by atoms with Gasteiger partial charge < -0.3 is 9.84 Å². The molecule has 1 N–H and O–H groups in total. The molecule has 0 aliphatic carbocycles. The molecule has 0 amide bonds. The van der Waals surface area contributed by atoms with Crippen LogP contribution < -0.4 is 4.74 Å². The van der Waals surface area contributed by atoms with E-state index in [0.717, 1.165) is 49.6 Å². The number of β-amino-alcohol motifs (C(OH)–C–C–N with tert-alkyl or cyclic N) is 1. The van der Waals surface area contributed by atoms with Gasteiger partial charge >= 0.3 is 0 Å². The summed E-state index contributed by atoms with van der Waals surface area (Å²) >= 11 is 0. The van der Waals surface area contributed by atoms with Crippen LogP contribution >= 0.6 is 24.8 Å². The standard InChI is InChI=1S/C26H30N2O2.2ClH/c29-24(20-28-17-15-27(16-18-28)19-22-9-3-1-4-10-22)21-30-26-14-8-7-13-25(26)23-11-5-2-6-12-23;;/h1-14,24,29H,15-21H2;2*1H. The van der Waals surface area contributed by atoms with Crippen molar-refractivity contribution < 1.29 is 9.84 Å². The predicted octanol–water partition coefficient (Wildman–Crippen LogP) is 4.75. The minimum atomic E-state index is -0.505. The Kier molecular flexibility index (Phi) is 11.0. The number of hydrogen-bond donors (Lipinski definition) is 1. The van der Waals surface area contributed by atoms with Gasteiger partial charge in [0.25, 0.3) is 0 Å². The Hall–Kier alpha value is -2.08. The van der Waals surface area contributed by atoms with Gasteiger partial charge in [0.1, 0.15) is 18.5 Å². The molecule has 32 heavy (non-hydrogen) atoms. The molecule has 0 bridgehead atoms. The van der Waals surface area contributed by atoms with E-state index >= 15 is 0 Å². The van der Waals surface area contributed by atoms with Crippen molar-refractivity contribution in [1.29, 1.82) is 0 Å². The van der Waals surface area contributed by atoms with Crippen LogP contribution in [0.3, 0.4) is 0 Å². The molecule has 1 fully saturated rings. The third kappa shape index (κ3) is 7.51. The van der Waals surface area contributed by atoms with E-state index in [4.69, 9.17) is 4.74 Å². The number of aliphatic hydroxyl groups is 1. The second kappa shape index (κ2) is 13.5. The van der Waals surface area contributed by atoms with Gasteiger partial charge in [0.05, 0.1) is 0 Å². The molecule has 6 heteroatoms. The molecule has 1 saturated heterocycles. The molecule has 0 radical (unpaired) electrons. The van der Waals surface area contributed by atoms with Crippen molar-refractivity contribution in [3.05, 3.63) is 90.5 Å². The Morgan fingerprint density at radius 2 is 1.28 bits per heavy atom. The molecule has 1 atom stereocenters. The van der Waals surface area contributed by atoms with Crippen LogP contribution in [-0.2, 0) is 6.54 Å². The Bertz CT molecular complexity index is 904. The normalized spacial score (nSPS) is 15.3. The van der Waals surface area contributed by atoms with Gasteiger partial charge in [0, 0.05) is 44.8 Å². The lowest BCUT2D eigenvalue weighted by molar-refractivity contribution is 0.0447. The number of hydrogen-bond acceptors (Lipinski definition) is 4.